The van der Waals surface area contributed by atoms with E-state index < -0.39 is 0 Å². The van der Waals surface area contributed by atoms with Crippen LogP contribution in [-0.4, -0.2) is 11.0 Å². The van der Waals surface area contributed by atoms with Gasteiger partial charge in [0.25, 0.3) is 0 Å². The van der Waals surface area contributed by atoms with Gasteiger partial charge in [-0.1, -0.05) is 98.1 Å². The molecule has 0 amide bonds. The van der Waals surface area contributed by atoms with Crippen molar-refractivity contribution in [2.75, 3.05) is 0 Å². The van der Waals surface area contributed by atoms with Crippen LogP contribution in [0.2, 0.25) is 0 Å². The zero-order chi connectivity index (χ0) is 15.4. The minimum atomic E-state index is 0. The summed E-state index contributed by atoms with van der Waals surface area (Å²) in [7, 11) is 0. The topological polar surface area (TPSA) is 0 Å². The molecule has 0 aliphatic heterocycles. The van der Waals surface area contributed by atoms with E-state index in [-0.39, 0.29) is 11.0 Å². The monoisotopic (exact) mass is 314 g/mol. The van der Waals surface area contributed by atoms with Crippen molar-refractivity contribution in [1.29, 1.82) is 0 Å². The zero-order valence-electron chi connectivity index (χ0n) is 12.5. The van der Waals surface area contributed by atoms with Crippen LogP contribution in [-0.2, 0) is 0 Å². The van der Waals surface area contributed by atoms with Crippen LogP contribution in [0.1, 0.15) is 11.1 Å². The molecule has 0 heterocycles. The Kier molecular flexibility index (Phi) is 5.50. The standard InChI is InChI=1S/C22H18.H4Si/c1-3-17-15-16-21(18-11-7-5-8-12-18)22(20(17)4-2)19-13-9-6-10-14-19;/h3-16H,1-2H2;1H4. The normalized spacial score (nSPS) is 9.74. The molecule has 3 aromatic rings. The van der Waals surface area contributed by atoms with Gasteiger partial charge in [0.15, 0.2) is 0 Å². The smallest absolute Gasteiger partial charge is 0.00270 e. The molecule has 0 atom stereocenters. The molecule has 0 saturated carbocycles. The Bertz CT molecular complexity index is 802. The van der Waals surface area contributed by atoms with E-state index in [2.05, 4.69) is 73.8 Å². The van der Waals surface area contributed by atoms with Crippen molar-refractivity contribution in [2.24, 2.45) is 0 Å². The second-order valence-corrected chi connectivity index (χ2v) is 5.13. The van der Waals surface area contributed by atoms with Crippen molar-refractivity contribution in [3.05, 3.63) is 97.1 Å². The molecule has 3 rings (SSSR count). The number of hydrogen-bond donors (Lipinski definition) is 0. The summed E-state index contributed by atoms with van der Waals surface area (Å²) in [6.07, 6.45) is 3.81. The SMILES string of the molecule is C=Cc1ccc(-c2ccccc2)c(-c2ccccc2)c1C=C.[SiH4]. The summed E-state index contributed by atoms with van der Waals surface area (Å²) in [5, 5.41) is 0. The third-order valence-corrected chi connectivity index (χ3v) is 3.85. The summed E-state index contributed by atoms with van der Waals surface area (Å²) >= 11 is 0. The van der Waals surface area contributed by atoms with E-state index in [1.165, 1.54) is 22.3 Å². The molecule has 114 valence electrons. The van der Waals surface area contributed by atoms with E-state index in [4.69, 9.17) is 0 Å². The van der Waals surface area contributed by atoms with Gasteiger partial charge in [-0.05, 0) is 44.3 Å². The molecule has 0 radical (unpaired) electrons. The van der Waals surface area contributed by atoms with Gasteiger partial charge in [0.05, 0.1) is 0 Å². The average molecular weight is 315 g/mol. The molecule has 0 aliphatic rings. The molecule has 0 aliphatic carbocycles. The second-order valence-electron chi connectivity index (χ2n) is 5.13. The number of rotatable bonds is 4. The Hall–Kier alpha value is -2.64. The van der Waals surface area contributed by atoms with Crippen LogP contribution in [0.5, 0.6) is 0 Å². The molecule has 0 unspecified atom stereocenters. The predicted octanol–water partition coefficient (Wildman–Crippen LogP) is 4.86. The van der Waals surface area contributed by atoms with Gasteiger partial charge >= 0.3 is 0 Å². The molecular formula is C22H22Si. The van der Waals surface area contributed by atoms with Crippen LogP contribution in [0.3, 0.4) is 0 Å². The zero-order valence-corrected chi connectivity index (χ0v) is 12.5. The van der Waals surface area contributed by atoms with E-state index in [1.807, 2.05) is 24.3 Å². The van der Waals surface area contributed by atoms with Crippen LogP contribution < -0.4 is 0 Å². The van der Waals surface area contributed by atoms with Crippen molar-refractivity contribution >= 4 is 23.1 Å². The maximum Gasteiger partial charge on any atom is -0.00270 e. The Morgan fingerprint density at radius 2 is 1.17 bits per heavy atom. The lowest BCUT2D eigenvalue weighted by molar-refractivity contribution is 1.54. The summed E-state index contributed by atoms with van der Waals surface area (Å²) in [5.74, 6) is 0. The van der Waals surface area contributed by atoms with Crippen LogP contribution in [0.4, 0.5) is 0 Å². The molecule has 1 heteroatoms. The first kappa shape index (κ1) is 16.7. The van der Waals surface area contributed by atoms with Crippen LogP contribution in [0, 0.1) is 0 Å². The fourth-order valence-electron chi connectivity index (χ4n) is 2.81. The molecule has 0 spiro atoms. The fourth-order valence-corrected chi connectivity index (χ4v) is 2.81. The lowest BCUT2D eigenvalue weighted by atomic mass is 9.88. The van der Waals surface area contributed by atoms with E-state index >= 15 is 0 Å². The van der Waals surface area contributed by atoms with Gasteiger partial charge in [0, 0.05) is 0 Å². The van der Waals surface area contributed by atoms with Crippen LogP contribution in [0.15, 0.2) is 86.0 Å². The van der Waals surface area contributed by atoms with Gasteiger partial charge in [0.2, 0.25) is 0 Å². The third-order valence-electron chi connectivity index (χ3n) is 3.85. The van der Waals surface area contributed by atoms with Crippen molar-refractivity contribution in [3.8, 4) is 22.3 Å². The number of hydrogen-bond acceptors (Lipinski definition) is 0. The summed E-state index contributed by atoms with van der Waals surface area (Å²) in [6.45, 7) is 7.94. The highest BCUT2D eigenvalue weighted by atomic mass is 28.1. The Morgan fingerprint density at radius 1 is 0.609 bits per heavy atom. The first-order valence-corrected chi connectivity index (χ1v) is 7.38. The molecule has 3 aromatic carbocycles. The molecule has 0 N–H and O–H groups in total. The van der Waals surface area contributed by atoms with Gasteiger partial charge in [-0.3, -0.25) is 0 Å². The summed E-state index contributed by atoms with van der Waals surface area (Å²) in [5.41, 5.74) is 7.06. The summed E-state index contributed by atoms with van der Waals surface area (Å²) in [4.78, 5) is 0. The van der Waals surface area contributed by atoms with Gasteiger partial charge in [0.1, 0.15) is 0 Å². The molecule has 23 heavy (non-hydrogen) atoms. The van der Waals surface area contributed by atoms with Gasteiger partial charge in [-0.25, -0.2) is 0 Å². The van der Waals surface area contributed by atoms with Gasteiger partial charge in [-0.15, -0.1) is 0 Å². The Balaban J connectivity index is 0.00000192. The van der Waals surface area contributed by atoms with Crippen LogP contribution >= 0.6 is 0 Å². The number of benzene rings is 3. The highest BCUT2D eigenvalue weighted by Gasteiger charge is 2.13. The quantitative estimate of drug-likeness (QED) is 0.604. The average Bonchev–Trinajstić information content (AvgIpc) is 2.61. The second kappa shape index (κ2) is 7.57. The van der Waals surface area contributed by atoms with Crippen molar-refractivity contribution in [2.45, 2.75) is 0 Å². The van der Waals surface area contributed by atoms with Crippen LogP contribution in [0.25, 0.3) is 34.4 Å². The minimum absolute atomic E-state index is 0. The molecular weight excluding hydrogens is 292 g/mol. The third kappa shape index (κ3) is 3.25. The molecule has 0 nitrogen and oxygen atoms in total. The minimum Gasteiger partial charge on any atom is -0.0984 e. The molecule has 0 aromatic heterocycles. The van der Waals surface area contributed by atoms with E-state index in [0.717, 1.165) is 11.1 Å². The van der Waals surface area contributed by atoms with Crippen molar-refractivity contribution in [3.63, 3.8) is 0 Å². The van der Waals surface area contributed by atoms with Gasteiger partial charge in [-0.2, -0.15) is 0 Å². The highest BCUT2D eigenvalue weighted by molar-refractivity contribution is 5.92. The van der Waals surface area contributed by atoms with E-state index in [9.17, 15) is 0 Å². The fraction of sp³-hybridized carbons (Fsp3) is 0. The lowest BCUT2D eigenvalue weighted by Crippen LogP contribution is -1.92. The largest absolute Gasteiger partial charge is 0.0984 e. The van der Waals surface area contributed by atoms with Crippen molar-refractivity contribution in [1.82, 2.24) is 0 Å². The molecule has 0 bridgehead atoms. The molecule has 0 fully saturated rings. The lowest BCUT2D eigenvalue weighted by Gasteiger charge is -2.16. The van der Waals surface area contributed by atoms with Crippen molar-refractivity contribution < 1.29 is 0 Å². The van der Waals surface area contributed by atoms with E-state index in [1.54, 1.807) is 0 Å². The first-order chi connectivity index (χ1) is 10.8. The maximum atomic E-state index is 4.01. The summed E-state index contributed by atoms with van der Waals surface area (Å²) < 4.78 is 0. The molecule has 0 saturated heterocycles. The maximum absolute atomic E-state index is 4.01. The Morgan fingerprint density at radius 3 is 1.70 bits per heavy atom. The highest BCUT2D eigenvalue weighted by Crippen LogP contribution is 2.37. The van der Waals surface area contributed by atoms with Gasteiger partial charge < -0.3 is 0 Å². The predicted molar refractivity (Wildman–Crippen MR) is 109 cm³/mol. The Labute approximate surface area is 142 Å². The first-order valence-electron chi connectivity index (χ1n) is 7.38. The van der Waals surface area contributed by atoms with E-state index in [0.29, 0.717) is 0 Å². The summed E-state index contributed by atoms with van der Waals surface area (Å²) in [6, 6.07) is 25.2.